The molecule has 0 atom stereocenters. The average molecular weight is 324 g/mol. The second kappa shape index (κ2) is 8.29. The molecule has 1 fully saturated rings. The van der Waals surface area contributed by atoms with Crippen LogP contribution in [-0.2, 0) is 21.2 Å². The topological polar surface area (TPSA) is 66.5 Å². The molecule has 0 bridgehead atoms. The molecule has 22 heavy (non-hydrogen) atoms. The van der Waals surface area contributed by atoms with Crippen LogP contribution in [0.1, 0.15) is 31.2 Å². The van der Waals surface area contributed by atoms with Gasteiger partial charge >= 0.3 is 0 Å². The molecule has 1 aliphatic heterocycles. The third-order valence-electron chi connectivity index (χ3n) is 3.85. The number of hydrogen-bond donors (Lipinski definition) is 1. The van der Waals surface area contributed by atoms with E-state index in [9.17, 15) is 13.2 Å². The Bertz CT molecular complexity index is 564. The number of sulfonamides is 1. The zero-order chi connectivity index (χ0) is 15.8. The summed E-state index contributed by atoms with van der Waals surface area (Å²) in [6, 6.07) is 9.43. The molecule has 1 aliphatic rings. The van der Waals surface area contributed by atoms with Gasteiger partial charge < -0.3 is 5.32 Å². The van der Waals surface area contributed by atoms with Crippen LogP contribution >= 0.6 is 0 Å². The lowest BCUT2D eigenvalue weighted by atomic mass is 10.1. The van der Waals surface area contributed by atoms with Crippen LogP contribution in [-0.4, -0.2) is 44.0 Å². The molecule has 122 valence electrons. The van der Waals surface area contributed by atoms with Gasteiger partial charge in [0.05, 0.1) is 12.2 Å². The van der Waals surface area contributed by atoms with Crippen molar-refractivity contribution in [2.24, 2.45) is 0 Å². The summed E-state index contributed by atoms with van der Waals surface area (Å²) in [7, 11) is -3.26. The van der Waals surface area contributed by atoms with E-state index in [1.807, 2.05) is 30.3 Å². The van der Waals surface area contributed by atoms with E-state index >= 15 is 0 Å². The Hall–Kier alpha value is -1.40. The molecule has 1 amide bonds. The molecule has 0 aliphatic carbocycles. The van der Waals surface area contributed by atoms with Gasteiger partial charge in [-0.2, -0.15) is 0 Å². The van der Waals surface area contributed by atoms with E-state index in [4.69, 9.17) is 0 Å². The van der Waals surface area contributed by atoms with E-state index in [2.05, 4.69) is 5.32 Å². The van der Waals surface area contributed by atoms with Crippen molar-refractivity contribution in [1.29, 1.82) is 0 Å². The fourth-order valence-electron chi connectivity index (χ4n) is 2.61. The third kappa shape index (κ3) is 5.42. The molecule has 1 saturated heterocycles. The van der Waals surface area contributed by atoms with Crippen LogP contribution in [0.2, 0.25) is 0 Å². The first-order valence-electron chi connectivity index (χ1n) is 7.86. The lowest BCUT2D eigenvalue weighted by Crippen LogP contribution is -2.38. The monoisotopic (exact) mass is 324 g/mol. The number of benzene rings is 1. The van der Waals surface area contributed by atoms with Crippen LogP contribution in [0.15, 0.2) is 30.3 Å². The summed E-state index contributed by atoms with van der Waals surface area (Å²) < 4.78 is 26.1. The molecule has 6 heteroatoms. The van der Waals surface area contributed by atoms with Gasteiger partial charge in [0, 0.05) is 19.6 Å². The van der Waals surface area contributed by atoms with Gasteiger partial charge in [0.25, 0.3) is 0 Å². The Kier molecular flexibility index (Phi) is 6.39. The maximum atomic E-state index is 12.3. The first-order chi connectivity index (χ1) is 10.6. The summed E-state index contributed by atoms with van der Waals surface area (Å²) in [5, 5.41) is 2.70. The van der Waals surface area contributed by atoms with Crippen molar-refractivity contribution < 1.29 is 13.2 Å². The van der Waals surface area contributed by atoms with Crippen molar-refractivity contribution in [2.45, 2.75) is 32.1 Å². The van der Waals surface area contributed by atoms with Gasteiger partial charge in [-0.05, 0) is 18.4 Å². The summed E-state index contributed by atoms with van der Waals surface area (Å²) in [5.74, 6) is -0.162. The highest BCUT2D eigenvalue weighted by Crippen LogP contribution is 2.13. The summed E-state index contributed by atoms with van der Waals surface area (Å²) in [5.41, 5.74) is 0.926. The Morgan fingerprint density at radius 1 is 1.05 bits per heavy atom. The summed E-state index contributed by atoms with van der Waals surface area (Å²) in [4.78, 5) is 11.8. The number of nitrogens with zero attached hydrogens (tertiary/aromatic N) is 1. The predicted octanol–water partition coefficient (Wildman–Crippen LogP) is 1.55. The van der Waals surface area contributed by atoms with Crippen LogP contribution in [0, 0.1) is 0 Å². The number of amides is 1. The summed E-state index contributed by atoms with van der Waals surface area (Å²) >= 11 is 0. The quantitative estimate of drug-likeness (QED) is 0.863. The molecule has 1 aromatic rings. The second-order valence-electron chi connectivity index (χ2n) is 5.64. The van der Waals surface area contributed by atoms with Crippen molar-refractivity contribution in [3.05, 3.63) is 35.9 Å². The molecule has 1 N–H and O–H groups in total. The minimum Gasteiger partial charge on any atom is -0.355 e. The fraction of sp³-hybridized carbons (Fsp3) is 0.562. The van der Waals surface area contributed by atoms with Crippen LogP contribution in [0.25, 0.3) is 0 Å². The van der Waals surface area contributed by atoms with Crippen LogP contribution < -0.4 is 5.32 Å². The van der Waals surface area contributed by atoms with Gasteiger partial charge in [0.1, 0.15) is 0 Å². The molecule has 5 nitrogen and oxygen atoms in total. The first kappa shape index (κ1) is 17.0. The average Bonchev–Trinajstić information content (AvgIpc) is 2.77. The lowest BCUT2D eigenvalue weighted by Gasteiger charge is -2.19. The Morgan fingerprint density at radius 2 is 1.68 bits per heavy atom. The van der Waals surface area contributed by atoms with E-state index in [1.54, 1.807) is 4.31 Å². The van der Waals surface area contributed by atoms with E-state index < -0.39 is 10.0 Å². The summed E-state index contributed by atoms with van der Waals surface area (Å²) in [6.07, 6.45) is 4.34. The van der Waals surface area contributed by atoms with E-state index in [0.717, 1.165) is 31.2 Å². The van der Waals surface area contributed by atoms with Gasteiger partial charge in [0.15, 0.2) is 0 Å². The third-order valence-corrected chi connectivity index (χ3v) is 5.72. The summed E-state index contributed by atoms with van der Waals surface area (Å²) in [6.45, 7) is 1.39. The van der Waals surface area contributed by atoms with Gasteiger partial charge in [-0.1, -0.05) is 43.2 Å². The van der Waals surface area contributed by atoms with E-state index in [-0.39, 0.29) is 24.6 Å². The van der Waals surface area contributed by atoms with Crippen LogP contribution in [0.3, 0.4) is 0 Å². The molecule has 0 aromatic heterocycles. The highest BCUT2D eigenvalue weighted by Gasteiger charge is 2.22. The Balaban J connectivity index is 1.76. The highest BCUT2D eigenvalue weighted by molar-refractivity contribution is 7.89. The predicted molar refractivity (Wildman–Crippen MR) is 87.0 cm³/mol. The standard InChI is InChI=1S/C16H24N2O3S/c19-16(14-15-8-4-3-5-9-15)17-10-13-22(20,21)18-11-6-1-2-7-12-18/h3-5,8-9H,1-2,6-7,10-14H2,(H,17,19). The van der Waals surface area contributed by atoms with E-state index in [0.29, 0.717) is 13.1 Å². The minimum atomic E-state index is -3.26. The zero-order valence-corrected chi connectivity index (χ0v) is 13.6. The number of hydrogen-bond acceptors (Lipinski definition) is 3. The van der Waals surface area contributed by atoms with E-state index in [1.165, 1.54) is 0 Å². The molecular formula is C16H24N2O3S. The van der Waals surface area contributed by atoms with Gasteiger partial charge in [-0.15, -0.1) is 0 Å². The minimum absolute atomic E-state index is 0.0203. The Labute approximate surface area is 132 Å². The van der Waals surface area contributed by atoms with Gasteiger partial charge in [-0.25, -0.2) is 12.7 Å². The zero-order valence-electron chi connectivity index (χ0n) is 12.8. The molecule has 1 heterocycles. The SMILES string of the molecule is O=C(Cc1ccccc1)NCCS(=O)(=O)N1CCCCCC1. The molecule has 0 spiro atoms. The fourth-order valence-corrected chi connectivity index (χ4v) is 4.04. The molecule has 1 aromatic carbocycles. The lowest BCUT2D eigenvalue weighted by molar-refractivity contribution is -0.120. The smallest absolute Gasteiger partial charge is 0.224 e. The number of rotatable bonds is 6. The second-order valence-corrected chi connectivity index (χ2v) is 7.73. The number of carbonyl (C=O) groups excluding carboxylic acids is 1. The maximum absolute atomic E-state index is 12.3. The number of carbonyl (C=O) groups is 1. The van der Waals surface area contributed by atoms with Crippen LogP contribution in [0.5, 0.6) is 0 Å². The normalized spacial score (nSPS) is 16.9. The number of nitrogens with one attached hydrogen (secondary N) is 1. The molecule has 0 unspecified atom stereocenters. The van der Waals surface area contributed by atoms with Crippen molar-refractivity contribution in [3.8, 4) is 0 Å². The van der Waals surface area contributed by atoms with Crippen molar-refractivity contribution in [1.82, 2.24) is 9.62 Å². The molecular weight excluding hydrogens is 300 g/mol. The Morgan fingerprint density at radius 3 is 2.32 bits per heavy atom. The van der Waals surface area contributed by atoms with Crippen LogP contribution in [0.4, 0.5) is 0 Å². The maximum Gasteiger partial charge on any atom is 0.224 e. The van der Waals surface area contributed by atoms with Crippen molar-refractivity contribution in [3.63, 3.8) is 0 Å². The molecule has 0 saturated carbocycles. The highest BCUT2D eigenvalue weighted by atomic mass is 32.2. The molecule has 2 rings (SSSR count). The van der Waals surface area contributed by atoms with Gasteiger partial charge in [0.2, 0.25) is 15.9 Å². The van der Waals surface area contributed by atoms with Crippen molar-refractivity contribution >= 4 is 15.9 Å². The largest absolute Gasteiger partial charge is 0.355 e. The van der Waals surface area contributed by atoms with Crippen molar-refractivity contribution in [2.75, 3.05) is 25.4 Å². The first-order valence-corrected chi connectivity index (χ1v) is 9.47. The molecule has 0 radical (unpaired) electrons. The van der Waals surface area contributed by atoms with Gasteiger partial charge in [-0.3, -0.25) is 4.79 Å².